The molecule has 30 heavy (non-hydrogen) atoms. The van der Waals surface area contributed by atoms with E-state index < -0.39 is 47.9 Å². The number of amides is 3. The van der Waals surface area contributed by atoms with E-state index in [1.165, 1.54) is 13.8 Å². The highest BCUT2D eigenvalue weighted by Crippen LogP contribution is 2.08. The normalized spacial score (nSPS) is 15.6. The van der Waals surface area contributed by atoms with Crippen LogP contribution in [-0.4, -0.2) is 65.5 Å². The van der Waals surface area contributed by atoms with Gasteiger partial charge in [0, 0.05) is 6.54 Å². The van der Waals surface area contributed by atoms with Gasteiger partial charge in [0.2, 0.25) is 17.7 Å². The zero-order valence-electron chi connectivity index (χ0n) is 18.0. The van der Waals surface area contributed by atoms with Crippen molar-refractivity contribution in [2.24, 2.45) is 28.1 Å². The SMILES string of the molecule is CCC(C)C(NC(=O)C(C)NC(=O)C(C)NC(=O)C(N)CCCN=C(N)N)C(=O)O. The molecule has 0 bridgehead atoms. The summed E-state index contributed by atoms with van der Waals surface area (Å²) >= 11 is 0. The van der Waals surface area contributed by atoms with Crippen LogP contribution in [0.2, 0.25) is 0 Å². The Labute approximate surface area is 176 Å². The molecule has 0 aromatic rings. The highest BCUT2D eigenvalue weighted by atomic mass is 16.4. The van der Waals surface area contributed by atoms with Crippen LogP contribution in [-0.2, 0) is 19.2 Å². The summed E-state index contributed by atoms with van der Waals surface area (Å²) in [5.74, 6) is -3.23. The molecule has 5 unspecified atom stereocenters. The van der Waals surface area contributed by atoms with E-state index in [1.807, 2.05) is 6.92 Å². The minimum Gasteiger partial charge on any atom is -0.480 e. The van der Waals surface area contributed by atoms with Gasteiger partial charge >= 0.3 is 5.97 Å². The predicted molar refractivity (Wildman–Crippen MR) is 112 cm³/mol. The first kappa shape index (κ1) is 27.1. The topological polar surface area (TPSA) is 215 Å². The lowest BCUT2D eigenvalue weighted by molar-refractivity contribution is -0.143. The van der Waals surface area contributed by atoms with Crippen LogP contribution in [0, 0.1) is 5.92 Å². The summed E-state index contributed by atoms with van der Waals surface area (Å²) in [6.45, 7) is 6.73. The quantitative estimate of drug-likeness (QED) is 0.0983. The number of nitrogens with one attached hydrogen (secondary N) is 3. The van der Waals surface area contributed by atoms with Gasteiger partial charge in [-0.25, -0.2) is 4.79 Å². The molecule has 0 rings (SSSR count). The Bertz CT molecular complexity index is 636. The Kier molecular flexibility index (Phi) is 12.1. The Balaban J connectivity index is 4.59. The molecule has 0 spiro atoms. The number of aliphatic imine (C=N–C) groups is 1. The fraction of sp³-hybridized carbons (Fsp3) is 0.722. The van der Waals surface area contributed by atoms with Crippen LogP contribution in [0.3, 0.4) is 0 Å². The Morgan fingerprint density at radius 3 is 1.90 bits per heavy atom. The monoisotopic (exact) mass is 429 g/mol. The van der Waals surface area contributed by atoms with E-state index in [-0.39, 0.29) is 11.9 Å². The zero-order chi connectivity index (χ0) is 23.4. The molecule has 0 aliphatic heterocycles. The van der Waals surface area contributed by atoms with Crippen molar-refractivity contribution in [2.45, 2.75) is 71.1 Å². The number of carboxylic acid groups (broad SMARTS) is 1. The molecule has 0 aromatic carbocycles. The second-order valence-electron chi connectivity index (χ2n) is 7.23. The number of carbonyl (C=O) groups is 4. The zero-order valence-corrected chi connectivity index (χ0v) is 18.0. The van der Waals surface area contributed by atoms with Gasteiger partial charge in [-0.2, -0.15) is 0 Å². The first-order valence-corrected chi connectivity index (χ1v) is 9.85. The first-order chi connectivity index (χ1) is 13.9. The van der Waals surface area contributed by atoms with Gasteiger partial charge in [-0.05, 0) is 32.6 Å². The lowest BCUT2D eigenvalue weighted by atomic mass is 9.99. The summed E-state index contributed by atoms with van der Waals surface area (Å²) in [7, 11) is 0. The molecule has 0 radical (unpaired) electrons. The van der Waals surface area contributed by atoms with Crippen molar-refractivity contribution in [3.63, 3.8) is 0 Å². The Morgan fingerprint density at radius 2 is 1.43 bits per heavy atom. The predicted octanol–water partition coefficient (Wildman–Crippen LogP) is -2.01. The molecule has 0 aromatic heterocycles. The molecule has 0 saturated heterocycles. The van der Waals surface area contributed by atoms with E-state index in [9.17, 15) is 24.3 Å². The number of nitrogens with zero attached hydrogens (tertiary/aromatic N) is 1. The standard InChI is InChI=1S/C18H35N7O5/c1-5-9(2)13(17(29)30)25-15(27)11(4)23-14(26)10(3)24-16(28)12(19)7-6-8-22-18(20)21/h9-13H,5-8,19H2,1-4H3,(H,23,26)(H,24,28)(H,25,27)(H,29,30)(H4,20,21,22). The van der Waals surface area contributed by atoms with Crippen molar-refractivity contribution in [3.05, 3.63) is 0 Å². The van der Waals surface area contributed by atoms with Crippen LogP contribution >= 0.6 is 0 Å². The molecule has 5 atom stereocenters. The van der Waals surface area contributed by atoms with Gasteiger partial charge in [0.1, 0.15) is 18.1 Å². The second kappa shape index (κ2) is 13.4. The molecule has 12 heteroatoms. The maximum absolute atomic E-state index is 12.3. The summed E-state index contributed by atoms with van der Waals surface area (Å²) < 4.78 is 0. The third kappa shape index (κ3) is 10.0. The maximum Gasteiger partial charge on any atom is 0.326 e. The molecule has 0 aliphatic carbocycles. The van der Waals surface area contributed by atoms with E-state index in [0.717, 1.165) is 0 Å². The third-order valence-electron chi connectivity index (χ3n) is 4.59. The molecular formula is C18H35N7O5. The van der Waals surface area contributed by atoms with Crippen molar-refractivity contribution in [2.75, 3.05) is 6.54 Å². The maximum atomic E-state index is 12.3. The number of guanidine groups is 1. The second-order valence-corrected chi connectivity index (χ2v) is 7.23. The Morgan fingerprint density at radius 1 is 0.933 bits per heavy atom. The average molecular weight is 430 g/mol. The number of nitrogens with two attached hydrogens (primary N) is 3. The van der Waals surface area contributed by atoms with Crippen molar-refractivity contribution in [3.8, 4) is 0 Å². The number of rotatable bonds is 13. The molecule has 0 aliphatic rings. The van der Waals surface area contributed by atoms with Gasteiger partial charge in [-0.1, -0.05) is 20.3 Å². The number of carboxylic acids is 1. The fourth-order valence-corrected chi connectivity index (χ4v) is 2.40. The molecule has 0 fully saturated rings. The van der Waals surface area contributed by atoms with Crippen LogP contribution in [0.25, 0.3) is 0 Å². The highest BCUT2D eigenvalue weighted by molar-refractivity contribution is 5.93. The van der Waals surface area contributed by atoms with Crippen molar-refractivity contribution in [1.29, 1.82) is 0 Å². The lowest BCUT2D eigenvalue weighted by Crippen LogP contribution is -2.56. The van der Waals surface area contributed by atoms with Gasteiger partial charge in [0.05, 0.1) is 6.04 Å². The Hall–Kier alpha value is -2.89. The number of aliphatic carboxylic acids is 1. The van der Waals surface area contributed by atoms with Crippen molar-refractivity contribution in [1.82, 2.24) is 16.0 Å². The number of hydrogen-bond acceptors (Lipinski definition) is 6. The van der Waals surface area contributed by atoms with E-state index in [1.54, 1.807) is 6.92 Å². The molecule has 0 saturated carbocycles. The third-order valence-corrected chi connectivity index (χ3v) is 4.59. The summed E-state index contributed by atoms with van der Waals surface area (Å²) in [4.78, 5) is 51.7. The summed E-state index contributed by atoms with van der Waals surface area (Å²) in [5.41, 5.74) is 16.2. The highest BCUT2D eigenvalue weighted by Gasteiger charge is 2.28. The minimum absolute atomic E-state index is 0.0460. The van der Waals surface area contributed by atoms with Crippen LogP contribution in [0.15, 0.2) is 4.99 Å². The smallest absolute Gasteiger partial charge is 0.326 e. The molecule has 3 amide bonds. The van der Waals surface area contributed by atoms with Gasteiger partial charge in [-0.15, -0.1) is 0 Å². The van der Waals surface area contributed by atoms with Crippen LogP contribution < -0.4 is 33.2 Å². The van der Waals surface area contributed by atoms with Crippen molar-refractivity contribution >= 4 is 29.7 Å². The summed E-state index contributed by atoms with van der Waals surface area (Å²) in [6, 6.07) is -3.84. The molecule has 172 valence electrons. The van der Waals surface area contributed by atoms with E-state index in [0.29, 0.717) is 25.8 Å². The lowest BCUT2D eigenvalue weighted by Gasteiger charge is -2.23. The van der Waals surface area contributed by atoms with Crippen molar-refractivity contribution < 1.29 is 24.3 Å². The van der Waals surface area contributed by atoms with E-state index in [2.05, 4.69) is 20.9 Å². The number of carbonyl (C=O) groups excluding carboxylic acids is 3. The average Bonchev–Trinajstić information content (AvgIpc) is 2.67. The summed E-state index contributed by atoms with van der Waals surface area (Å²) in [5, 5.41) is 16.6. The van der Waals surface area contributed by atoms with E-state index in [4.69, 9.17) is 17.2 Å². The van der Waals surface area contributed by atoms with Gasteiger partial charge in [0.25, 0.3) is 0 Å². The molecule has 10 N–H and O–H groups in total. The van der Waals surface area contributed by atoms with Gasteiger partial charge in [0.15, 0.2) is 5.96 Å². The fourth-order valence-electron chi connectivity index (χ4n) is 2.40. The number of hydrogen-bond donors (Lipinski definition) is 7. The van der Waals surface area contributed by atoms with E-state index >= 15 is 0 Å². The van der Waals surface area contributed by atoms with Gasteiger partial charge < -0.3 is 38.3 Å². The summed E-state index contributed by atoms with van der Waals surface area (Å²) in [6.07, 6.45) is 1.38. The van der Waals surface area contributed by atoms with Gasteiger partial charge in [-0.3, -0.25) is 19.4 Å². The van der Waals surface area contributed by atoms with Crippen LogP contribution in [0.4, 0.5) is 0 Å². The largest absolute Gasteiger partial charge is 0.480 e. The molecule has 12 nitrogen and oxygen atoms in total. The van der Waals surface area contributed by atoms with Crippen LogP contribution in [0.5, 0.6) is 0 Å². The first-order valence-electron chi connectivity index (χ1n) is 9.85. The van der Waals surface area contributed by atoms with Crippen LogP contribution in [0.1, 0.15) is 47.0 Å². The minimum atomic E-state index is -1.15. The molecular weight excluding hydrogens is 394 g/mol. The molecule has 0 heterocycles.